The smallest absolute Gasteiger partial charge is 0.407 e. The lowest BCUT2D eigenvalue weighted by Crippen LogP contribution is -2.61. The zero-order valence-corrected chi connectivity index (χ0v) is 31.1. The van der Waals surface area contributed by atoms with Crippen LogP contribution in [0.3, 0.4) is 0 Å². The van der Waals surface area contributed by atoms with Gasteiger partial charge in [-0.3, -0.25) is 19.8 Å². The van der Waals surface area contributed by atoms with E-state index in [0.29, 0.717) is 6.42 Å². The van der Waals surface area contributed by atoms with Crippen LogP contribution in [-0.4, -0.2) is 65.3 Å². The van der Waals surface area contributed by atoms with Crippen LogP contribution in [-0.2, 0) is 38.4 Å². The second-order valence-corrected chi connectivity index (χ2v) is 17.2. The second-order valence-electron chi connectivity index (χ2n) is 14.3. The first-order valence-electron chi connectivity index (χ1n) is 17.2. The molecule has 3 aromatic rings. The molecule has 0 aliphatic heterocycles. The van der Waals surface area contributed by atoms with E-state index in [2.05, 4.69) is 21.5 Å². The highest BCUT2D eigenvalue weighted by molar-refractivity contribution is 6.67. The number of hydrogen-bond acceptors (Lipinski definition) is 8. The van der Waals surface area contributed by atoms with E-state index in [0.717, 1.165) is 16.7 Å². The van der Waals surface area contributed by atoms with Crippen LogP contribution in [0.25, 0.3) is 0 Å². The van der Waals surface area contributed by atoms with Crippen LogP contribution < -0.4 is 27.2 Å². The highest BCUT2D eigenvalue weighted by Crippen LogP contribution is 2.23. The summed E-state index contributed by atoms with van der Waals surface area (Å²) in [6, 6.07) is 25.1. The number of carbonyl (C=O) groups is 4. The second kappa shape index (κ2) is 19.2. The molecule has 13 heteroatoms. The number of benzene rings is 3. The summed E-state index contributed by atoms with van der Waals surface area (Å²) in [7, 11) is -4.44. The predicted octanol–water partition coefficient (Wildman–Crippen LogP) is 3.20. The van der Waals surface area contributed by atoms with Crippen molar-refractivity contribution in [2.75, 3.05) is 0 Å². The maximum absolute atomic E-state index is 13.9. The lowest BCUT2D eigenvalue weighted by molar-refractivity contribution is -0.130. The molecule has 0 bridgehead atoms. The molecule has 3 rings (SSSR count). The number of hydrogen-bond donors (Lipinski definition) is 7. The van der Waals surface area contributed by atoms with Gasteiger partial charge in [0.2, 0.25) is 17.7 Å². The summed E-state index contributed by atoms with van der Waals surface area (Å²) < 4.78 is 5.44. The number of primary amides is 1. The van der Waals surface area contributed by atoms with E-state index in [4.69, 9.17) is 10.5 Å². The average Bonchev–Trinajstić information content (AvgIpc) is 3.05. The van der Waals surface area contributed by atoms with E-state index in [-0.39, 0.29) is 31.2 Å². The molecule has 8 N–H and O–H groups in total. The molecular weight excluding hydrogens is 667 g/mol. The normalized spacial score (nSPS) is 14.1. The number of ether oxygens (including phenoxy) is 1. The Hall–Kier alpha value is -4.56. The van der Waals surface area contributed by atoms with Gasteiger partial charge in [-0.2, -0.15) is 0 Å². The summed E-state index contributed by atoms with van der Waals surface area (Å²) in [6.07, 6.45) is -0.0558. The molecule has 0 fully saturated rings. The summed E-state index contributed by atoms with van der Waals surface area (Å²) in [5, 5.41) is 5.39. The van der Waals surface area contributed by atoms with Gasteiger partial charge in [-0.15, -0.1) is 0 Å². The third-order valence-electron chi connectivity index (χ3n) is 8.11. The van der Waals surface area contributed by atoms with Crippen LogP contribution >= 0.6 is 0 Å². The maximum atomic E-state index is 13.9. The zero-order chi connectivity index (χ0) is 37.6. The summed E-state index contributed by atoms with van der Waals surface area (Å²) >= 11 is 0. The van der Waals surface area contributed by atoms with Crippen LogP contribution in [0.2, 0.25) is 6.04 Å². The van der Waals surface area contributed by atoms with Gasteiger partial charge in [0.05, 0.1) is 5.67 Å². The molecule has 0 unspecified atom stereocenters. The summed E-state index contributed by atoms with van der Waals surface area (Å²) in [5.74, 6) is -2.74. The van der Waals surface area contributed by atoms with Crippen LogP contribution in [0.4, 0.5) is 4.79 Å². The molecule has 0 aromatic heterocycles. The molecule has 4 amide bonds. The number of amides is 4. The molecule has 0 spiro atoms. The van der Waals surface area contributed by atoms with Gasteiger partial charge in [0.25, 0.3) is 0 Å². The number of carbonyl (C=O) groups excluding carboxylic acids is 4. The number of hydrazine groups is 1. The molecule has 276 valence electrons. The number of nitrogens with one attached hydrogen (secondary N) is 4. The van der Waals surface area contributed by atoms with Gasteiger partial charge in [0, 0.05) is 18.4 Å². The van der Waals surface area contributed by atoms with Gasteiger partial charge in [-0.25, -0.2) is 10.2 Å². The minimum atomic E-state index is -4.44. The molecule has 51 heavy (non-hydrogen) atoms. The molecule has 0 heterocycles. The standard InChI is InChI=1S/C38H53N5O7Si/c1-26(2)21-32(36(46)40-31(34(39)44)23-28-17-11-7-12-18-28)42-43-35(45)30(22-27-15-9-6-10-16-27)25-51(48,49)33(24-29-19-13-8-14-20-29)41-37(47)50-38(3,4)5/h6-20,26,30-33,42,48-49H,21-25H2,1-5H3,(H2,39,44)(H,40,46)(H,41,47)(H,43,45)/t30-,31+,32+,33-/m1/s1. The van der Waals surface area contributed by atoms with Crippen molar-refractivity contribution in [2.24, 2.45) is 17.6 Å². The van der Waals surface area contributed by atoms with Crippen molar-refractivity contribution in [1.29, 1.82) is 0 Å². The lowest BCUT2D eigenvalue weighted by atomic mass is 10.00. The molecule has 0 aliphatic carbocycles. The van der Waals surface area contributed by atoms with E-state index in [1.165, 1.54) is 0 Å². The van der Waals surface area contributed by atoms with Crippen LogP contribution in [0.15, 0.2) is 91.0 Å². The fraction of sp³-hybridized carbons (Fsp3) is 0.421. The Kier molecular flexibility index (Phi) is 15.3. The van der Waals surface area contributed by atoms with E-state index < -0.39 is 61.6 Å². The third-order valence-corrected chi connectivity index (χ3v) is 10.7. The highest BCUT2D eigenvalue weighted by Gasteiger charge is 2.45. The van der Waals surface area contributed by atoms with E-state index >= 15 is 0 Å². The van der Waals surface area contributed by atoms with Crippen molar-refractivity contribution in [3.63, 3.8) is 0 Å². The summed E-state index contributed by atoms with van der Waals surface area (Å²) in [6.45, 7) is 8.95. The molecule has 0 aliphatic rings. The van der Waals surface area contributed by atoms with E-state index in [1.54, 1.807) is 20.8 Å². The number of alkyl carbamates (subject to hydrolysis) is 1. The minimum Gasteiger partial charge on any atom is -0.444 e. The Morgan fingerprint density at radius 1 is 0.725 bits per heavy atom. The molecule has 0 radical (unpaired) electrons. The Morgan fingerprint density at radius 2 is 1.22 bits per heavy atom. The van der Waals surface area contributed by atoms with Gasteiger partial charge >= 0.3 is 14.7 Å². The van der Waals surface area contributed by atoms with E-state index in [1.807, 2.05) is 105 Å². The SMILES string of the molecule is CC(C)C[C@H](NNC(=O)[C@H](Cc1ccccc1)C[Si](O)(O)[C@H](Cc1ccccc1)NC(=O)OC(C)(C)C)C(=O)N[C@@H](Cc1ccccc1)C(N)=O. The predicted molar refractivity (Wildman–Crippen MR) is 198 cm³/mol. The van der Waals surface area contributed by atoms with Gasteiger partial charge in [0.1, 0.15) is 17.7 Å². The molecule has 12 nitrogen and oxygen atoms in total. The van der Waals surface area contributed by atoms with Gasteiger partial charge < -0.3 is 30.7 Å². The first-order valence-corrected chi connectivity index (χ1v) is 19.4. The van der Waals surface area contributed by atoms with Crippen molar-refractivity contribution < 1.29 is 33.5 Å². The number of nitrogens with two attached hydrogens (primary N) is 1. The first-order chi connectivity index (χ1) is 24.0. The number of rotatable bonds is 18. The Morgan fingerprint density at radius 3 is 1.69 bits per heavy atom. The fourth-order valence-corrected chi connectivity index (χ4v) is 7.85. The molecular formula is C38H53N5O7Si. The molecule has 4 atom stereocenters. The first kappa shape index (κ1) is 40.9. The molecule has 0 saturated heterocycles. The summed E-state index contributed by atoms with van der Waals surface area (Å²) in [4.78, 5) is 76.1. The fourth-order valence-electron chi connectivity index (χ4n) is 5.60. The van der Waals surface area contributed by atoms with Gasteiger partial charge in [0.15, 0.2) is 0 Å². The maximum Gasteiger partial charge on any atom is 0.407 e. The van der Waals surface area contributed by atoms with Crippen LogP contribution in [0.1, 0.15) is 57.7 Å². The minimum absolute atomic E-state index is 0.0269. The molecule has 3 aromatic carbocycles. The topological polar surface area (TPSA) is 192 Å². The average molecular weight is 720 g/mol. The Bertz CT molecular complexity index is 1550. The van der Waals surface area contributed by atoms with E-state index in [9.17, 15) is 28.8 Å². The molecule has 0 saturated carbocycles. The monoisotopic (exact) mass is 719 g/mol. The van der Waals surface area contributed by atoms with Crippen molar-refractivity contribution in [1.82, 2.24) is 21.5 Å². The highest BCUT2D eigenvalue weighted by atomic mass is 28.4. The van der Waals surface area contributed by atoms with Crippen molar-refractivity contribution in [2.45, 2.75) is 89.7 Å². The van der Waals surface area contributed by atoms with Gasteiger partial charge in [-0.1, -0.05) is 105 Å². The van der Waals surface area contributed by atoms with Gasteiger partial charge in [-0.05, 0) is 62.6 Å². The quantitative estimate of drug-likeness (QED) is 0.0770. The Balaban J connectivity index is 1.83. The van der Waals surface area contributed by atoms with Crippen LogP contribution in [0.5, 0.6) is 0 Å². The largest absolute Gasteiger partial charge is 0.444 e. The zero-order valence-electron chi connectivity index (χ0n) is 30.1. The van der Waals surface area contributed by atoms with Crippen molar-refractivity contribution in [3.05, 3.63) is 108 Å². The van der Waals surface area contributed by atoms with Crippen LogP contribution in [0, 0.1) is 11.8 Å². The Labute approximate surface area is 301 Å². The lowest BCUT2D eigenvalue weighted by Gasteiger charge is -2.33. The third kappa shape index (κ3) is 14.7. The van der Waals surface area contributed by atoms with Crippen molar-refractivity contribution >= 4 is 32.4 Å². The van der Waals surface area contributed by atoms with Crippen molar-refractivity contribution in [3.8, 4) is 0 Å². The summed E-state index contributed by atoms with van der Waals surface area (Å²) in [5.41, 5.74) is 11.5.